The van der Waals surface area contributed by atoms with Crippen molar-refractivity contribution in [3.63, 3.8) is 0 Å². The third kappa shape index (κ3) is 5.49. The normalized spacial score (nSPS) is 15.4. The van der Waals surface area contributed by atoms with E-state index in [4.69, 9.17) is 4.74 Å². The molecular weight excluding hydrogens is 326 g/mol. The van der Waals surface area contributed by atoms with Gasteiger partial charge in [0.15, 0.2) is 0 Å². The molecule has 1 heterocycles. The lowest BCUT2D eigenvalue weighted by Crippen LogP contribution is -2.47. The number of likely N-dealkylation sites (tertiary alicyclic amines) is 1. The smallest absolute Gasteiger partial charge is 0.315 e. The minimum atomic E-state index is -0.0951. The van der Waals surface area contributed by atoms with Gasteiger partial charge in [0.25, 0.3) is 0 Å². The number of urea groups is 1. The number of methoxy groups -OCH3 is 1. The maximum absolute atomic E-state index is 12.1. The van der Waals surface area contributed by atoms with Gasteiger partial charge in [0.1, 0.15) is 5.75 Å². The van der Waals surface area contributed by atoms with E-state index >= 15 is 0 Å². The van der Waals surface area contributed by atoms with Crippen molar-refractivity contribution in [1.82, 2.24) is 15.5 Å². The molecule has 26 heavy (non-hydrogen) atoms. The van der Waals surface area contributed by atoms with Crippen LogP contribution in [0.25, 0.3) is 0 Å². The zero-order valence-electron chi connectivity index (χ0n) is 15.3. The number of rotatable bonds is 6. The quantitative estimate of drug-likeness (QED) is 0.839. The highest BCUT2D eigenvalue weighted by Gasteiger charge is 2.20. The fraction of sp³-hybridized carbons (Fsp3) is 0.381. The molecule has 1 aliphatic rings. The summed E-state index contributed by atoms with van der Waals surface area (Å²) in [4.78, 5) is 14.6. The standard InChI is InChI=1S/C21H27N3O2/c1-26-20-9-7-17(8-10-20)15-22-21(25)23-19-11-13-24(14-12-19)16-18-5-3-2-4-6-18/h2-10,19H,11-16H2,1H3,(H2,22,23,25). The van der Waals surface area contributed by atoms with Crippen LogP contribution in [0.4, 0.5) is 4.79 Å². The predicted molar refractivity (Wildman–Crippen MR) is 103 cm³/mol. The number of carbonyl (C=O) groups is 1. The van der Waals surface area contributed by atoms with E-state index in [1.807, 2.05) is 30.3 Å². The molecule has 2 amide bonds. The average molecular weight is 353 g/mol. The van der Waals surface area contributed by atoms with Gasteiger partial charge in [-0.3, -0.25) is 4.90 Å². The van der Waals surface area contributed by atoms with E-state index < -0.39 is 0 Å². The van der Waals surface area contributed by atoms with Gasteiger partial charge in [-0.2, -0.15) is 0 Å². The number of piperidine rings is 1. The molecule has 0 unspecified atom stereocenters. The van der Waals surface area contributed by atoms with Gasteiger partial charge in [-0.25, -0.2) is 4.79 Å². The van der Waals surface area contributed by atoms with E-state index in [1.165, 1.54) is 5.56 Å². The Hall–Kier alpha value is -2.53. The first-order valence-corrected chi connectivity index (χ1v) is 9.16. The molecule has 0 bridgehead atoms. The van der Waals surface area contributed by atoms with Crippen molar-refractivity contribution in [2.24, 2.45) is 0 Å². The van der Waals surface area contributed by atoms with Crippen molar-refractivity contribution in [3.8, 4) is 5.75 Å². The SMILES string of the molecule is COc1ccc(CNC(=O)NC2CCN(Cc3ccccc3)CC2)cc1. The van der Waals surface area contributed by atoms with Crippen molar-refractivity contribution in [3.05, 3.63) is 65.7 Å². The van der Waals surface area contributed by atoms with Crippen molar-refractivity contribution in [2.45, 2.75) is 32.0 Å². The van der Waals surface area contributed by atoms with Crippen molar-refractivity contribution >= 4 is 6.03 Å². The van der Waals surface area contributed by atoms with E-state index in [0.717, 1.165) is 43.8 Å². The second-order valence-electron chi connectivity index (χ2n) is 6.71. The molecule has 0 spiro atoms. The summed E-state index contributed by atoms with van der Waals surface area (Å²) >= 11 is 0. The highest BCUT2D eigenvalue weighted by molar-refractivity contribution is 5.74. The number of hydrogen-bond acceptors (Lipinski definition) is 3. The number of hydrogen-bond donors (Lipinski definition) is 2. The number of nitrogens with zero attached hydrogens (tertiary/aromatic N) is 1. The molecule has 1 saturated heterocycles. The summed E-state index contributed by atoms with van der Waals surface area (Å²) in [5, 5.41) is 6.02. The molecule has 0 atom stereocenters. The van der Waals surface area contributed by atoms with Crippen LogP contribution in [-0.2, 0) is 13.1 Å². The Kier molecular flexibility index (Phi) is 6.50. The van der Waals surface area contributed by atoms with E-state index in [9.17, 15) is 4.79 Å². The molecule has 2 aromatic rings. The summed E-state index contributed by atoms with van der Waals surface area (Å²) in [6, 6.07) is 18.4. The molecule has 1 aliphatic heterocycles. The number of carbonyl (C=O) groups excluding carboxylic acids is 1. The minimum Gasteiger partial charge on any atom is -0.497 e. The van der Waals surface area contributed by atoms with Gasteiger partial charge in [0, 0.05) is 32.2 Å². The fourth-order valence-corrected chi connectivity index (χ4v) is 3.24. The zero-order valence-corrected chi connectivity index (χ0v) is 15.3. The summed E-state index contributed by atoms with van der Waals surface area (Å²) in [5.74, 6) is 0.820. The molecule has 2 N–H and O–H groups in total. The lowest BCUT2D eigenvalue weighted by molar-refractivity contribution is 0.186. The molecule has 0 aromatic heterocycles. The van der Waals surface area contributed by atoms with Crippen molar-refractivity contribution in [2.75, 3.05) is 20.2 Å². The maximum atomic E-state index is 12.1. The van der Waals surface area contributed by atoms with Crippen LogP contribution in [0.5, 0.6) is 5.75 Å². The molecule has 0 aliphatic carbocycles. The lowest BCUT2D eigenvalue weighted by Gasteiger charge is -2.32. The van der Waals surface area contributed by atoms with Crippen LogP contribution in [0.2, 0.25) is 0 Å². The van der Waals surface area contributed by atoms with E-state index in [2.05, 4.69) is 39.8 Å². The van der Waals surface area contributed by atoms with Crippen LogP contribution in [-0.4, -0.2) is 37.2 Å². The summed E-state index contributed by atoms with van der Waals surface area (Å²) < 4.78 is 5.14. The van der Waals surface area contributed by atoms with Crippen LogP contribution >= 0.6 is 0 Å². The van der Waals surface area contributed by atoms with E-state index in [-0.39, 0.29) is 12.1 Å². The predicted octanol–water partition coefficient (Wildman–Crippen LogP) is 3.16. The topological polar surface area (TPSA) is 53.6 Å². The highest BCUT2D eigenvalue weighted by Crippen LogP contribution is 2.14. The third-order valence-electron chi connectivity index (χ3n) is 4.78. The Morgan fingerprint density at radius 1 is 1.04 bits per heavy atom. The molecule has 3 rings (SSSR count). The number of amides is 2. The molecule has 0 radical (unpaired) electrons. The Bertz CT molecular complexity index is 680. The molecule has 0 saturated carbocycles. The van der Waals surface area contributed by atoms with Gasteiger partial charge in [0.05, 0.1) is 7.11 Å². The summed E-state index contributed by atoms with van der Waals surface area (Å²) in [7, 11) is 1.64. The monoisotopic (exact) mass is 353 g/mol. The third-order valence-corrected chi connectivity index (χ3v) is 4.78. The Morgan fingerprint density at radius 3 is 2.38 bits per heavy atom. The average Bonchev–Trinajstić information content (AvgIpc) is 2.69. The minimum absolute atomic E-state index is 0.0951. The largest absolute Gasteiger partial charge is 0.497 e. The van der Waals surface area contributed by atoms with Gasteiger partial charge in [0.2, 0.25) is 0 Å². The van der Waals surface area contributed by atoms with E-state index in [1.54, 1.807) is 7.11 Å². The van der Waals surface area contributed by atoms with E-state index in [0.29, 0.717) is 6.54 Å². The molecular formula is C21H27N3O2. The maximum Gasteiger partial charge on any atom is 0.315 e. The Balaban J connectivity index is 1.36. The molecule has 5 heteroatoms. The van der Waals surface area contributed by atoms with Crippen molar-refractivity contribution in [1.29, 1.82) is 0 Å². The van der Waals surface area contributed by atoms with Crippen LogP contribution in [0.3, 0.4) is 0 Å². The number of nitrogens with one attached hydrogen (secondary N) is 2. The number of ether oxygens (including phenoxy) is 1. The van der Waals surface area contributed by atoms with Gasteiger partial charge < -0.3 is 15.4 Å². The Labute approximate surface area is 155 Å². The van der Waals surface area contributed by atoms with Crippen LogP contribution in [0.1, 0.15) is 24.0 Å². The molecule has 5 nitrogen and oxygen atoms in total. The van der Waals surface area contributed by atoms with Crippen molar-refractivity contribution < 1.29 is 9.53 Å². The second kappa shape index (κ2) is 9.25. The molecule has 1 fully saturated rings. The van der Waals surface area contributed by atoms with Crippen LogP contribution < -0.4 is 15.4 Å². The first-order chi connectivity index (χ1) is 12.7. The van der Waals surface area contributed by atoms with Crippen LogP contribution in [0, 0.1) is 0 Å². The zero-order chi connectivity index (χ0) is 18.2. The second-order valence-corrected chi connectivity index (χ2v) is 6.71. The Morgan fingerprint density at radius 2 is 1.73 bits per heavy atom. The van der Waals surface area contributed by atoms with Crippen LogP contribution in [0.15, 0.2) is 54.6 Å². The highest BCUT2D eigenvalue weighted by atomic mass is 16.5. The summed E-state index contributed by atoms with van der Waals surface area (Å²) in [5.41, 5.74) is 2.40. The van der Waals surface area contributed by atoms with Gasteiger partial charge in [-0.1, -0.05) is 42.5 Å². The molecule has 138 valence electrons. The first-order valence-electron chi connectivity index (χ1n) is 9.16. The fourth-order valence-electron chi connectivity index (χ4n) is 3.24. The number of benzene rings is 2. The lowest BCUT2D eigenvalue weighted by atomic mass is 10.0. The van der Waals surface area contributed by atoms with Gasteiger partial charge in [-0.05, 0) is 36.1 Å². The summed E-state index contributed by atoms with van der Waals surface area (Å²) in [6.45, 7) is 3.52. The summed E-state index contributed by atoms with van der Waals surface area (Å²) in [6.07, 6.45) is 1.98. The van der Waals surface area contributed by atoms with Gasteiger partial charge in [-0.15, -0.1) is 0 Å². The molecule has 2 aromatic carbocycles. The first kappa shape index (κ1) is 18.3. The van der Waals surface area contributed by atoms with Gasteiger partial charge >= 0.3 is 6.03 Å².